The van der Waals surface area contributed by atoms with Crippen LogP contribution >= 0.6 is 11.6 Å². The molecule has 26 heavy (non-hydrogen) atoms. The van der Waals surface area contributed by atoms with Crippen LogP contribution in [-0.2, 0) is 17.8 Å². The van der Waals surface area contributed by atoms with E-state index >= 15 is 0 Å². The Morgan fingerprint density at radius 3 is 2.46 bits per heavy atom. The lowest BCUT2D eigenvalue weighted by atomic mass is 10.1. The molecule has 0 aromatic heterocycles. The molecule has 0 aliphatic heterocycles. The van der Waals surface area contributed by atoms with Crippen LogP contribution in [0.25, 0.3) is 0 Å². The van der Waals surface area contributed by atoms with Crippen molar-refractivity contribution in [1.82, 2.24) is 10.2 Å². The third-order valence-corrected chi connectivity index (χ3v) is 4.85. The maximum atomic E-state index is 14.0. The normalized spacial score (nSPS) is 13.3. The second kappa shape index (κ2) is 7.87. The fraction of sp³-hybridized carbons (Fsp3) is 0.300. The third-order valence-electron chi connectivity index (χ3n) is 4.49. The number of hydrogen-bond acceptors (Lipinski definition) is 2. The summed E-state index contributed by atoms with van der Waals surface area (Å²) in [4.78, 5) is 26.2. The first-order valence-electron chi connectivity index (χ1n) is 8.53. The Kier molecular flexibility index (Phi) is 5.57. The van der Waals surface area contributed by atoms with Gasteiger partial charge in [-0.05, 0) is 42.7 Å². The summed E-state index contributed by atoms with van der Waals surface area (Å²) in [5, 5.41) is 2.84. The average molecular weight is 375 g/mol. The summed E-state index contributed by atoms with van der Waals surface area (Å²) in [6.45, 7) is 0.434. The first-order chi connectivity index (χ1) is 12.5. The highest BCUT2D eigenvalue weighted by Gasteiger charge is 2.33. The van der Waals surface area contributed by atoms with Crippen LogP contribution in [-0.4, -0.2) is 29.8 Å². The van der Waals surface area contributed by atoms with Crippen molar-refractivity contribution < 1.29 is 14.0 Å². The fourth-order valence-electron chi connectivity index (χ4n) is 2.86. The standard InChI is InChI=1S/C20H20ClFN2O2/c1-23-20(26)14-7-5-13(6-8-14)12-24(15-9-10-15)19(25)11-16-17(21)3-2-4-18(16)22/h2-8,15H,9-12H2,1H3,(H,23,26). The van der Waals surface area contributed by atoms with E-state index in [1.165, 1.54) is 12.1 Å². The molecule has 0 unspecified atom stereocenters. The molecule has 0 heterocycles. The summed E-state index contributed by atoms with van der Waals surface area (Å²) in [5.41, 5.74) is 1.73. The number of nitrogens with zero attached hydrogens (tertiary/aromatic N) is 1. The van der Waals surface area contributed by atoms with Crippen LogP contribution in [0.4, 0.5) is 4.39 Å². The van der Waals surface area contributed by atoms with Gasteiger partial charge in [-0.25, -0.2) is 4.39 Å². The van der Waals surface area contributed by atoms with Crippen LogP contribution in [0.1, 0.15) is 34.3 Å². The van der Waals surface area contributed by atoms with Crippen molar-refractivity contribution >= 4 is 23.4 Å². The van der Waals surface area contributed by atoms with E-state index in [9.17, 15) is 14.0 Å². The highest BCUT2D eigenvalue weighted by molar-refractivity contribution is 6.31. The van der Waals surface area contributed by atoms with Gasteiger partial charge in [-0.1, -0.05) is 29.8 Å². The largest absolute Gasteiger partial charge is 0.355 e. The second-order valence-corrected chi connectivity index (χ2v) is 6.81. The molecular formula is C20H20ClFN2O2. The Morgan fingerprint density at radius 1 is 1.19 bits per heavy atom. The minimum atomic E-state index is -0.462. The molecule has 2 amide bonds. The molecule has 1 aliphatic carbocycles. The topological polar surface area (TPSA) is 49.4 Å². The van der Waals surface area contributed by atoms with Gasteiger partial charge in [0.15, 0.2) is 0 Å². The minimum Gasteiger partial charge on any atom is -0.355 e. The molecule has 1 saturated carbocycles. The van der Waals surface area contributed by atoms with Crippen molar-refractivity contribution in [2.75, 3.05) is 7.05 Å². The molecule has 1 fully saturated rings. The summed E-state index contributed by atoms with van der Waals surface area (Å²) in [6, 6.07) is 11.8. The quantitative estimate of drug-likeness (QED) is 0.840. The van der Waals surface area contributed by atoms with Crippen LogP contribution in [0.15, 0.2) is 42.5 Å². The predicted molar refractivity (Wildman–Crippen MR) is 98.5 cm³/mol. The number of benzene rings is 2. The van der Waals surface area contributed by atoms with Gasteiger partial charge in [0.1, 0.15) is 5.82 Å². The number of rotatable bonds is 6. The van der Waals surface area contributed by atoms with Gasteiger partial charge >= 0.3 is 0 Å². The molecule has 1 aliphatic rings. The number of carbonyl (C=O) groups excluding carboxylic acids is 2. The molecule has 3 rings (SSSR count). The molecule has 1 N–H and O–H groups in total. The lowest BCUT2D eigenvalue weighted by Crippen LogP contribution is -2.34. The number of nitrogens with one attached hydrogen (secondary N) is 1. The highest BCUT2D eigenvalue weighted by atomic mass is 35.5. The van der Waals surface area contributed by atoms with Crippen molar-refractivity contribution in [1.29, 1.82) is 0 Å². The molecule has 0 bridgehead atoms. The summed E-state index contributed by atoms with van der Waals surface area (Å²) in [7, 11) is 1.58. The highest BCUT2D eigenvalue weighted by Crippen LogP contribution is 2.30. The summed E-state index contributed by atoms with van der Waals surface area (Å²) < 4.78 is 14.0. The van der Waals surface area contributed by atoms with E-state index in [1.54, 1.807) is 30.1 Å². The minimum absolute atomic E-state index is 0.0572. The SMILES string of the molecule is CNC(=O)c1ccc(CN(C(=O)Cc2c(F)cccc2Cl)C2CC2)cc1. The van der Waals surface area contributed by atoms with E-state index in [0.717, 1.165) is 18.4 Å². The van der Waals surface area contributed by atoms with Gasteiger partial charge in [-0.2, -0.15) is 0 Å². The Hall–Kier alpha value is -2.40. The van der Waals surface area contributed by atoms with Crippen LogP contribution in [0, 0.1) is 5.82 Å². The van der Waals surface area contributed by atoms with Crippen LogP contribution in [0.3, 0.4) is 0 Å². The van der Waals surface area contributed by atoms with Crippen LogP contribution in [0.2, 0.25) is 5.02 Å². The molecular weight excluding hydrogens is 355 g/mol. The third kappa shape index (κ3) is 4.22. The Morgan fingerprint density at radius 2 is 1.88 bits per heavy atom. The number of hydrogen-bond donors (Lipinski definition) is 1. The zero-order valence-electron chi connectivity index (χ0n) is 14.5. The molecule has 4 nitrogen and oxygen atoms in total. The monoisotopic (exact) mass is 374 g/mol. The first kappa shape index (κ1) is 18.4. The maximum absolute atomic E-state index is 14.0. The van der Waals surface area contributed by atoms with E-state index in [0.29, 0.717) is 12.1 Å². The fourth-order valence-corrected chi connectivity index (χ4v) is 3.09. The second-order valence-electron chi connectivity index (χ2n) is 6.41. The molecule has 0 radical (unpaired) electrons. The number of carbonyl (C=O) groups is 2. The zero-order valence-corrected chi connectivity index (χ0v) is 15.2. The van der Waals surface area contributed by atoms with E-state index in [2.05, 4.69) is 5.32 Å². The smallest absolute Gasteiger partial charge is 0.251 e. The van der Waals surface area contributed by atoms with Gasteiger partial charge in [0.2, 0.25) is 5.91 Å². The van der Waals surface area contributed by atoms with E-state index in [4.69, 9.17) is 11.6 Å². The van der Waals surface area contributed by atoms with Crippen molar-refractivity contribution in [3.05, 3.63) is 70.0 Å². The van der Waals surface area contributed by atoms with Crippen molar-refractivity contribution in [3.8, 4) is 0 Å². The lowest BCUT2D eigenvalue weighted by molar-refractivity contribution is -0.131. The van der Waals surface area contributed by atoms with Gasteiger partial charge < -0.3 is 10.2 Å². The van der Waals surface area contributed by atoms with E-state index in [-0.39, 0.29) is 34.9 Å². The summed E-state index contributed by atoms with van der Waals surface area (Å²) in [5.74, 6) is -0.757. The van der Waals surface area contributed by atoms with Crippen molar-refractivity contribution in [2.24, 2.45) is 0 Å². The van der Waals surface area contributed by atoms with Crippen LogP contribution in [0.5, 0.6) is 0 Å². The van der Waals surface area contributed by atoms with Gasteiger partial charge in [0.05, 0.1) is 6.42 Å². The van der Waals surface area contributed by atoms with Gasteiger partial charge in [-0.15, -0.1) is 0 Å². The van der Waals surface area contributed by atoms with Crippen molar-refractivity contribution in [2.45, 2.75) is 31.8 Å². The van der Waals surface area contributed by atoms with Gasteiger partial charge in [0.25, 0.3) is 5.91 Å². The van der Waals surface area contributed by atoms with Crippen molar-refractivity contribution in [3.63, 3.8) is 0 Å². The Bertz CT molecular complexity index is 799. The molecule has 2 aromatic rings. The molecule has 136 valence electrons. The molecule has 0 spiro atoms. The van der Waals surface area contributed by atoms with Gasteiger partial charge in [0, 0.05) is 35.8 Å². The van der Waals surface area contributed by atoms with Crippen LogP contribution < -0.4 is 5.32 Å². The summed E-state index contributed by atoms with van der Waals surface area (Å²) in [6.07, 6.45) is 1.85. The molecule has 0 atom stereocenters. The Labute approximate surface area is 157 Å². The first-order valence-corrected chi connectivity index (χ1v) is 8.90. The summed E-state index contributed by atoms with van der Waals surface area (Å²) >= 11 is 6.05. The Balaban J connectivity index is 1.73. The average Bonchev–Trinajstić information content (AvgIpc) is 3.47. The molecule has 2 aromatic carbocycles. The zero-order chi connectivity index (χ0) is 18.7. The number of amides is 2. The van der Waals surface area contributed by atoms with E-state index < -0.39 is 5.82 Å². The maximum Gasteiger partial charge on any atom is 0.251 e. The van der Waals surface area contributed by atoms with E-state index in [1.807, 2.05) is 12.1 Å². The molecule has 0 saturated heterocycles. The van der Waals surface area contributed by atoms with Gasteiger partial charge in [-0.3, -0.25) is 9.59 Å². The lowest BCUT2D eigenvalue weighted by Gasteiger charge is -2.23. The predicted octanol–water partition coefficient (Wildman–Crippen LogP) is 3.57. The molecule has 6 heteroatoms. The number of halogens is 2.